The fourth-order valence-electron chi connectivity index (χ4n) is 2.74. The molecule has 0 radical (unpaired) electrons. The van der Waals surface area contributed by atoms with E-state index in [-0.39, 0.29) is 23.6 Å². The van der Waals surface area contributed by atoms with E-state index in [9.17, 15) is 9.18 Å². The zero-order valence-corrected chi connectivity index (χ0v) is 16.3. The second-order valence-corrected chi connectivity index (χ2v) is 7.74. The lowest BCUT2D eigenvalue weighted by Gasteiger charge is -2.19. The normalized spacial score (nSPS) is 11.1. The molecule has 0 saturated carbocycles. The average molecular weight is 377 g/mol. The van der Waals surface area contributed by atoms with E-state index < -0.39 is 0 Å². The van der Waals surface area contributed by atoms with Crippen molar-refractivity contribution < 1.29 is 9.18 Å². The van der Waals surface area contributed by atoms with E-state index in [4.69, 9.17) is 0 Å². The number of aromatic nitrogens is 1. The Morgan fingerprint density at radius 1 is 0.929 bits per heavy atom. The van der Waals surface area contributed by atoms with E-state index in [1.54, 1.807) is 24.4 Å². The lowest BCUT2D eigenvalue weighted by Crippen LogP contribution is -2.14. The van der Waals surface area contributed by atoms with Gasteiger partial charge in [0, 0.05) is 5.69 Å². The van der Waals surface area contributed by atoms with Crippen LogP contribution in [0.3, 0.4) is 0 Å². The molecule has 5 heteroatoms. The maximum absolute atomic E-state index is 12.9. The summed E-state index contributed by atoms with van der Waals surface area (Å²) in [5, 5.41) is 6.05. The van der Waals surface area contributed by atoms with Gasteiger partial charge in [-0.15, -0.1) is 0 Å². The second kappa shape index (κ2) is 8.21. The first-order valence-corrected chi connectivity index (χ1v) is 9.17. The van der Waals surface area contributed by atoms with Crippen LogP contribution in [0.1, 0.15) is 31.9 Å². The van der Waals surface area contributed by atoms with Gasteiger partial charge in [-0.3, -0.25) is 4.79 Å². The van der Waals surface area contributed by atoms with E-state index in [1.165, 1.54) is 17.7 Å². The highest BCUT2D eigenvalue weighted by atomic mass is 19.1. The van der Waals surface area contributed by atoms with Gasteiger partial charge in [0.1, 0.15) is 11.6 Å². The highest BCUT2D eigenvalue weighted by Gasteiger charge is 2.12. The molecule has 0 bridgehead atoms. The topological polar surface area (TPSA) is 54.0 Å². The number of amides is 1. The standard InChI is InChI=1S/C23H24FN3O/c1-23(2,3)17-6-10-19(11-7-17)26-21-13-12-20(15-25-21)27-22(28)14-16-4-8-18(24)9-5-16/h4-13,15H,14H2,1-3H3,(H,25,26)(H,27,28). The Morgan fingerprint density at radius 2 is 1.57 bits per heavy atom. The van der Waals surface area contributed by atoms with Crippen molar-refractivity contribution in [3.8, 4) is 0 Å². The molecule has 1 amide bonds. The van der Waals surface area contributed by atoms with Crippen LogP contribution in [0.4, 0.5) is 21.6 Å². The summed E-state index contributed by atoms with van der Waals surface area (Å²) in [6.45, 7) is 6.54. The third-order valence-electron chi connectivity index (χ3n) is 4.35. The number of rotatable bonds is 5. The summed E-state index contributed by atoms with van der Waals surface area (Å²) in [7, 11) is 0. The third-order valence-corrected chi connectivity index (χ3v) is 4.35. The van der Waals surface area contributed by atoms with Crippen molar-refractivity contribution in [1.82, 2.24) is 4.98 Å². The zero-order valence-electron chi connectivity index (χ0n) is 16.3. The average Bonchev–Trinajstić information content (AvgIpc) is 2.65. The van der Waals surface area contributed by atoms with E-state index >= 15 is 0 Å². The Bertz CT molecular complexity index is 928. The van der Waals surface area contributed by atoms with Crippen LogP contribution in [0.2, 0.25) is 0 Å². The predicted molar refractivity (Wildman–Crippen MR) is 111 cm³/mol. The fraction of sp³-hybridized carbons (Fsp3) is 0.217. The van der Waals surface area contributed by atoms with Gasteiger partial charge in [0.25, 0.3) is 0 Å². The number of hydrogen-bond donors (Lipinski definition) is 2. The van der Waals surface area contributed by atoms with Crippen molar-refractivity contribution in [3.05, 3.63) is 83.8 Å². The maximum Gasteiger partial charge on any atom is 0.228 e. The smallest absolute Gasteiger partial charge is 0.228 e. The number of hydrogen-bond acceptors (Lipinski definition) is 3. The summed E-state index contributed by atoms with van der Waals surface area (Å²) < 4.78 is 12.9. The van der Waals surface area contributed by atoms with E-state index in [2.05, 4.69) is 48.5 Å². The van der Waals surface area contributed by atoms with Gasteiger partial charge >= 0.3 is 0 Å². The van der Waals surface area contributed by atoms with Crippen LogP contribution in [0.5, 0.6) is 0 Å². The lowest BCUT2D eigenvalue weighted by molar-refractivity contribution is -0.115. The highest BCUT2D eigenvalue weighted by Crippen LogP contribution is 2.24. The van der Waals surface area contributed by atoms with Crippen molar-refractivity contribution in [2.75, 3.05) is 10.6 Å². The van der Waals surface area contributed by atoms with Gasteiger partial charge in [-0.05, 0) is 52.9 Å². The molecule has 1 aromatic heterocycles. The Labute approximate surface area is 164 Å². The monoisotopic (exact) mass is 377 g/mol. The van der Waals surface area contributed by atoms with Crippen LogP contribution in [0, 0.1) is 5.82 Å². The number of pyridine rings is 1. The van der Waals surface area contributed by atoms with Crippen molar-refractivity contribution in [2.24, 2.45) is 0 Å². The molecule has 0 aliphatic heterocycles. The lowest BCUT2D eigenvalue weighted by atomic mass is 9.87. The third kappa shape index (κ3) is 5.39. The molecule has 2 aromatic carbocycles. The van der Waals surface area contributed by atoms with Gasteiger partial charge < -0.3 is 10.6 Å². The van der Waals surface area contributed by atoms with Gasteiger partial charge in [-0.25, -0.2) is 9.37 Å². The SMILES string of the molecule is CC(C)(C)c1ccc(Nc2ccc(NC(=O)Cc3ccc(F)cc3)cn2)cc1. The molecule has 0 aliphatic carbocycles. The first-order chi connectivity index (χ1) is 13.3. The number of carbonyl (C=O) groups excluding carboxylic acids is 1. The Kier molecular flexibility index (Phi) is 5.73. The minimum Gasteiger partial charge on any atom is -0.340 e. The molecular formula is C23H24FN3O. The van der Waals surface area contributed by atoms with E-state index in [0.717, 1.165) is 11.3 Å². The Balaban J connectivity index is 1.57. The Hall–Kier alpha value is -3.21. The summed E-state index contributed by atoms with van der Waals surface area (Å²) in [6, 6.07) is 17.8. The molecule has 0 aliphatic rings. The van der Waals surface area contributed by atoms with Gasteiger partial charge in [0.2, 0.25) is 5.91 Å². The molecule has 0 saturated heterocycles. The molecule has 3 aromatic rings. The molecule has 4 nitrogen and oxygen atoms in total. The summed E-state index contributed by atoms with van der Waals surface area (Å²) in [5.74, 6) is 0.205. The number of nitrogens with one attached hydrogen (secondary N) is 2. The molecular weight excluding hydrogens is 353 g/mol. The zero-order chi connectivity index (χ0) is 20.1. The van der Waals surface area contributed by atoms with Gasteiger partial charge in [-0.2, -0.15) is 0 Å². The first kappa shape index (κ1) is 19.5. The van der Waals surface area contributed by atoms with Crippen LogP contribution < -0.4 is 10.6 Å². The first-order valence-electron chi connectivity index (χ1n) is 9.17. The molecule has 28 heavy (non-hydrogen) atoms. The second-order valence-electron chi connectivity index (χ2n) is 7.74. The minimum atomic E-state index is -0.315. The van der Waals surface area contributed by atoms with Crippen LogP contribution in [0.25, 0.3) is 0 Å². The van der Waals surface area contributed by atoms with Crippen LogP contribution in [0.15, 0.2) is 66.9 Å². The molecule has 0 spiro atoms. The molecule has 2 N–H and O–H groups in total. The van der Waals surface area contributed by atoms with Crippen LogP contribution >= 0.6 is 0 Å². The quantitative estimate of drug-likeness (QED) is 0.622. The number of anilines is 3. The van der Waals surface area contributed by atoms with E-state index in [0.29, 0.717) is 11.5 Å². The summed E-state index contributed by atoms with van der Waals surface area (Å²) in [4.78, 5) is 16.4. The predicted octanol–water partition coefficient (Wildman–Crippen LogP) is 5.44. The number of halogens is 1. The highest BCUT2D eigenvalue weighted by molar-refractivity contribution is 5.92. The molecule has 144 valence electrons. The van der Waals surface area contributed by atoms with Crippen molar-refractivity contribution >= 4 is 23.1 Å². The fourth-order valence-corrected chi connectivity index (χ4v) is 2.74. The van der Waals surface area contributed by atoms with Gasteiger partial charge in [0.05, 0.1) is 18.3 Å². The van der Waals surface area contributed by atoms with Gasteiger partial charge in [-0.1, -0.05) is 45.0 Å². The molecule has 0 atom stereocenters. The number of benzene rings is 2. The molecule has 0 unspecified atom stereocenters. The maximum atomic E-state index is 12.9. The van der Waals surface area contributed by atoms with Crippen molar-refractivity contribution in [2.45, 2.75) is 32.6 Å². The molecule has 0 fully saturated rings. The largest absolute Gasteiger partial charge is 0.340 e. The van der Waals surface area contributed by atoms with Gasteiger partial charge in [0.15, 0.2) is 0 Å². The van der Waals surface area contributed by atoms with Crippen LogP contribution in [-0.2, 0) is 16.6 Å². The van der Waals surface area contributed by atoms with Crippen molar-refractivity contribution in [1.29, 1.82) is 0 Å². The molecule has 1 heterocycles. The van der Waals surface area contributed by atoms with Crippen molar-refractivity contribution in [3.63, 3.8) is 0 Å². The number of nitrogens with zero attached hydrogens (tertiary/aromatic N) is 1. The van der Waals surface area contributed by atoms with Crippen LogP contribution in [-0.4, -0.2) is 10.9 Å². The molecule has 3 rings (SSSR count). The summed E-state index contributed by atoms with van der Waals surface area (Å²) >= 11 is 0. The number of carbonyl (C=O) groups is 1. The Morgan fingerprint density at radius 3 is 2.14 bits per heavy atom. The summed E-state index contributed by atoms with van der Waals surface area (Å²) in [5.41, 5.74) is 3.70. The minimum absolute atomic E-state index is 0.116. The van der Waals surface area contributed by atoms with E-state index in [1.807, 2.05) is 18.2 Å². The summed E-state index contributed by atoms with van der Waals surface area (Å²) in [6.07, 6.45) is 1.79.